The summed E-state index contributed by atoms with van der Waals surface area (Å²) in [4.78, 5) is 26.7. The second-order valence-electron chi connectivity index (χ2n) is 7.33. The van der Waals surface area contributed by atoms with Gasteiger partial charge in [0.15, 0.2) is 16.6 Å². The lowest BCUT2D eigenvalue weighted by molar-refractivity contribution is -0.128. The number of carbonyl (C=O) groups is 2. The third-order valence-corrected chi connectivity index (χ3v) is 5.65. The maximum Gasteiger partial charge on any atom is 0.265 e. The highest BCUT2D eigenvalue weighted by Crippen LogP contribution is 2.36. The molecule has 0 saturated carbocycles. The summed E-state index contributed by atoms with van der Waals surface area (Å²) in [5.41, 5.74) is 2.20. The lowest BCUT2D eigenvalue weighted by Crippen LogP contribution is -2.53. The number of hydrogen-bond acceptors (Lipinski definition) is 5. The molecule has 0 spiro atoms. The number of nitrogens with zero attached hydrogens (tertiary/aromatic N) is 1. The molecule has 0 radical (unpaired) electrons. The topological polar surface area (TPSA) is 67.9 Å². The van der Waals surface area contributed by atoms with Crippen LogP contribution in [-0.2, 0) is 22.6 Å². The van der Waals surface area contributed by atoms with Gasteiger partial charge in [0, 0.05) is 22.7 Å². The molecule has 1 saturated heterocycles. The van der Waals surface area contributed by atoms with Crippen LogP contribution in [0.4, 0.5) is 0 Å². The van der Waals surface area contributed by atoms with Crippen molar-refractivity contribution in [1.29, 1.82) is 0 Å². The number of hydrogen-bond donors (Lipinski definition) is 1. The van der Waals surface area contributed by atoms with E-state index in [-0.39, 0.29) is 23.8 Å². The third kappa shape index (κ3) is 5.73. The van der Waals surface area contributed by atoms with E-state index in [1.54, 1.807) is 24.3 Å². The zero-order chi connectivity index (χ0) is 24.7. The maximum atomic E-state index is 12.9. The van der Waals surface area contributed by atoms with Gasteiger partial charge >= 0.3 is 0 Å². The van der Waals surface area contributed by atoms with Gasteiger partial charge in [0.25, 0.3) is 11.8 Å². The molecule has 0 aromatic heterocycles. The lowest BCUT2D eigenvalue weighted by Gasteiger charge is -2.27. The zero-order valence-electron chi connectivity index (χ0n) is 18.8. The van der Waals surface area contributed by atoms with E-state index in [1.807, 2.05) is 31.2 Å². The summed E-state index contributed by atoms with van der Waals surface area (Å²) in [6.07, 6.45) is 5.29. The Balaban J connectivity index is 2.01. The summed E-state index contributed by atoms with van der Waals surface area (Å²) in [6, 6.07) is 11.0. The highest BCUT2D eigenvalue weighted by atomic mass is 35.5. The van der Waals surface area contributed by atoms with Gasteiger partial charge in [0.1, 0.15) is 12.2 Å². The molecule has 0 aliphatic carbocycles. The fraction of sp³-hybridized carbons (Fsp3) is 0.192. The summed E-state index contributed by atoms with van der Waals surface area (Å²) in [5, 5.41) is 3.21. The zero-order valence-corrected chi connectivity index (χ0v) is 20.4. The Morgan fingerprint density at radius 1 is 1.12 bits per heavy atom. The van der Waals surface area contributed by atoms with Gasteiger partial charge < -0.3 is 9.47 Å². The third-order valence-electron chi connectivity index (χ3n) is 4.96. The van der Waals surface area contributed by atoms with Crippen LogP contribution in [-0.4, -0.2) is 35.0 Å². The fourth-order valence-corrected chi connectivity index (χ4v) is 3.86. The normalized spacial score (nSPS) is 14.7. The van der Waals surface area contributed by atoms with Crippen LogP contribution in [0.3, 0.4) is 0 Å². The Labute approximate surface area is 209 Å². The Kier molecular flexibility index (Phi) is 8.62. The summed E-state index contributed by atoms with van der Waals surface area (Å²) in [5.74, 6) is -0.00546. The Bertz CT molecular complexity index is 1180. The number of benzene rings is 2. The molecule has 0 atom stereocenters. The summed E-state index contributed by atoms with van der Waals surface area (Å²) in [6.45, 7) is 10.2. The molecule has 176 valence electrons. The minimum absolute atomic E-state index is 0.0350. The molecule has 2 aromatic carbocycles. The van der Waals surface area contributed by atoms with Gasteiger partial charge in [-0.2, -0.15) is 0 Å². The highest BCUT2D eigenvalue weighted by molar-refractivity contribution is 7.80. The Morgan fingerprint density at radius 3 is 2.56 bits per heavy atom. The van der Waals surface area contributed by atoms with E-state index in [2.05, 4.69) is 18.5 Å². The molecule has 8 heteroatoms. The first-order chi connectivity index (χ1) is 16.4. The van der Waals surface area contributed by atoms with Crippen molar-refractivity contribution in [1.82, 2.24) is 10.2 Å². The van der Waals surface area contributed by atoms with Crippen molar-refractivity contribution in [3.8, 4) is 11.5 Å². The van der Waals surface area contributed by atoms with Crippen LogP contribution in [0.5, 0.6) is 11.5 Å². The number of carbonyl (C=O) groups excluding carboxylic acids is 2. The second kappa shape index (κ2) is 11.6. The van der Waals surface area contributed by atoms with Gasteiger partial charge in [0.05, 0.1) is 6.61 Å². The molecular formula is C26H25ClN2O4S. The van der Waals surface area contributed by atoms with Crippen molar-refractivity contribution in [2.45, 2.75) is 20.0 Å². The molecule has 1 aliphatic heterocycles. The molecule has 0 bridgehead atoms. The lowest BCUT2D eigenvalue weighted by atomic mass is 10.0. The summed E-state index contributed by atoms with van der Waals surface area (Å²) >= 11 is 11.4. The van der Waals surface area contributed by atoms with Crippen molar-refractivity contribution in [2.75, 3.05) is 13.2 Å². The largest absolute Gasteiger partial charge is 0.490 e. The molecule has 1 aliphatic rings. The summed E-state index contributed by atoms with van der Waals surface area (Å²) in [7, 11) is 0. The van der Waals surface area contributed by atoms with Crippen molar-refractivity contribution in [2.24, 2.45) is 0 Å². The van der Waals surface area contributed by atoms with Crippen molar-refractivity contribution < 1.29 is 19.1 Å². The molecule has 1 fully saturated rings. The monoisotopic (exact) mass is 496 g/mol. The van der Waals surface area contributed by atoms with Crippen LogP contribution in [0.25, 0.3) is 6.08 Å². The fourth-order valence-electron chi connectivity index (χ4n) is 3.42. The van der Waals surface area contributed by atoms with Gasteiger partial charge in [-0.15, -0.1) is 13.2 Å². The number of halogens is 1. The quantitative estimate of drug-likeness (QED) is 0.220. The van der Waals surface area contributed by atoms with Crippen LogP contribution in [0.2, 0.25) is 5.02 Å². The van der Waals surface area contributed by atoms with Gasteiger partial charge in [-0.1, -0.05) is 42.0 Å². The van der Waals surface area contributed by atoms with Crippen molar-refractivity contribution in [3.63, 3.8) is 0 Å². The van der Waals surface area contributed by atoms with Crippen LogP contribution in [0, 0.1) is 0 Å². The summed E-state index contributed by atoms with van der Waals surface area (Å²) < 4.78 is 12.0. The standard InChI is InChI=1S/C26H25ClN2O4S/c1-4-9-18-13-17(14-20-24(30)28-26(34)29(12-5-2)25(20)31)15-22(32-6-3)23(18)33-16-19-10-7-8-11-21(19)27/h4-5,7-8,10-11,13-15H,1-2,6,9,12,16H2,3H3,(H,28,30,34)/b20-14+. The molecule has 2 amide bonds. The van der Waals surface area contributed by atoms with Crippen molar-refractivity contribution >= 4 is 46.8 Å². The first-order valence-electron chi connectivity index (χ1n) is 10.7. The average Bonchev–Trinajstić information content (AvgIpc) is 2.80. The van der Waals surface area contributed by atoms with E-state index in [1.165, 1.54) is 11.0 Å². The molecular weight excluding hydrogens is 472 g/mol. The smallest absolute Gasteiger partial charge is 0.265 e. The van der Waals surface area contributed by atoms with Crippen LogP contribution in [0.1, 0.15) is 23.6 Å². The van der Waals surface area contributed by atoms with Gasteiger partial charge in [-0.05, 0) is 55.4 Å². The molecule has 2 aromatic rings. The minimum Gasteiger partial charge on any atom is -0.490 e. The van der Waals surface area contributed by atoms with E-state index in [4.69, 9.17) is 33.3 Å². The van der Waals surface area contributed by atoms with Gasteiger partial charge in [-0.3, -0.25) is 19.8 Å². The Morgan fingerprint density at radius 2 is 1.88 bits per heavy atom. The Hall–Kier alpha value is -3.42. The molecule has 1 N–H and O–H groups in total. The maximum absolute atomic E-state index is 12.9. The highest BCUT2D eigenvalue weighted by Gasteiger charge is 2.32. The van der Waals surface area contributed by atoms with Gasteiger partial charge in [0.2, 0.25) is 0 Å². The number of allylic oxidation sites excluding steroid dienone is 1. The molecule has 6 nitrogen and oxygen atoms in total. The number of nitrogens with one attached hydrogen (secondary N) is 1. The predicted molar refractivity (Wildman–Crippen MR) is 138 cm³/mol. The average molecular weight is 497 g/mol. The molecule has 3 rings (SSSR count). The number of thiocarbonyl (C=S) groups is 1. The van der Waals surface area contributed by atoms with E-state index < -0.39 is 11.8 Å². The van der Waals surface area contributed by atoms with Gasteiger partial charge in [-0.25, -0.2) is 0 Å². The van der Waals surface area contributed by atoms with Crippen LogP contribution < -0.4 is 14.8 Å². The van der Waals surface area contributed by atoms with E-state index >= 15 is 0 Å². The molecule has 0 unspecified atom stereocenters. The molecule has 34 heavy (non-hydrogen) atoms. The van der Waals surface area contributed by atoms with E-state index in [9.17, 15) is 9.59 Å². The number of amides is 2. The second-order valence-corrected chi connectivity index (χ2v) is 8.13. The van der Waals surface area contributed by atoms with Crippen molar-refractivity contribution in [3.05, 3.63) is 89.0 Å². The minimum atomic E-state index is -0.558. The van der Waals surface area contributed by atoms with E-state index in [0.29, 0.717) is 35.1 Å². The first-order valence-corrected chi connectivity index (χ1v) is 11.4. The first kappa shape index (κ1) is 25.2. The number of rotatable bonds is 10. The van der Waals surface area contributed by atoms with E-state index in [0.717, 1.165) is 11.1 Å². The van der Waals surface area contributed by atoms with Crippen LogP contribution in [0.15, 0.2) is 67.3 Å². The number of ether oxygens (including phenoxy) is 2. The molecule has 1 heterocycles. The van der Waals surface area contributed by atoms with Crippen LogP contribution >= 0.6 is 23.8 Å². The SMILES string of the molecule is C=CCc1cc(/C=C2\C(=O)NC(=S)N(CC=C)C2=O)cc(OCC)c1OCc1ccccc1Cl. The predicted octanol–water partition coefficient (Wildman–Crippen LogP) is 4.86.